The molecule has 1 aromatic carbocycles. The summed E-state index contributed by atoms with van der Waals surface area (Å²) in [6.45, 7) is 0.964. The van der Waals surface area contributed by atoms with Crippen molar-refractivity contribution in [1.82, 2.24) is 9.78 Å². The van der Waals surface area contributed by atoms with Crippen molar-refractivity contribution >= 4 is 17.7 Å². The Morgan fingerprint density at radius 2 is 2.23 bits per heavy atom. The molecular weight excluding hydrogens is 300 g/mol. The van der Waals surface area contributed by atoms with Gasteiger partial charge < -0.3 is 9.84 Å². The van der Waals surface area contributed by atoms with Crippen LogP contribution in [0.15, 0.2) is 36.5 Å². The fourth-order valence-corrected chi connectivity index (χ4v) is 3.79. The van der Waals surface area contributed by atoms with E-state index in [-0.39, 0.29) is 5.69 Å². The molecule has 116 valence electrons. The lowest BCUT2D eigenvalue weighted by Gasteiger charge is -2.11. The second-order valence-electron chi connectivity index (χ2n) is 5.25. The molecule has 2 aromatic rings. The average Bonchev–Trinajstić information content (AvgIpc) is 3.16. The molecule has 1 aromatic heterocycles. The van der Waals surface area contributed by atoms with Crippen LogP contribution >= 0.6 is 11.8 Å². The van der Waals surface area contributed by atoms with Crippen LogP contribution in [0.25, 0.3) is 0 Å². The van der Waals surface area contributed by atoms with Gasteiger partial charge in [0.15, 0.2) is 11.4 Å². The number of hydrogen-bond donors (Lipinski definition) is 1. The van der Waals surface area contributed by atoms with Gasteiger partial charge in [-0.3, -0.25) is 4.68 Å². The van der Waals surface area contributed by atoms with Gasteiger partial charge in [0, 0.05) is 5.25 Å². The Kier molecular flexibility index (Phi) is 4.68. The highest BCUT2D eigenvalue weighted by molar-refractivity contribution is 8.00. The highest BCUT2D eigenvalue weighted by Gasteiger charge is 2.23. The molecule has 5 nitrogen and oxygen atoms in total. The predicted molar refractivity (Wildman–Crippen MR) is 85.4 cm³/mol. The number of carbonyl (C=O) groups is 1. The molecule has 1 saturated heterocycles. The molecule has 0 saturated carbocycles. The molecule has 22 heavy (non-hydrogen) atoms. The summed E-state index contributed by atoms with van der Waals surface area (Å²) in [6, 6.07) is 9.68. The van der Waals surface area contributed by atoms with Crippen LogP contribution in [0.4, 0.5) is 0 Å². The van der Waals surface area contributed by atoms with Gasteiger partial charge in [0.1, 0.15) is 6.61 Å². The number of hydrogen-bond acceptors (Lipinski definition) is 4. The maximum Gasteiger partial charge on any atom is 0.358 e. The number of carboxylic acids is 1. The van der Waals surface area contributed by atoms with Crippen LogP contribution in [0.2, 0.25) is 0 Å². The Balaban J connectivity index is 1.73. The van der Waals surface area contributed by atoms with E-state index in [0.717, 1.165) is 17.7 Å². The van der Waals surface area contributed by atoms with E-state index in [1.54, 1.807) is 4.68 Å². The van der Waals surface area contributed by atoms with Crippen LogP contribution in [0.5, 0.6) is 5.75 Å². The van der Waals surface area contributed by atoms with E-state index in [1.807, 2.05) is 42.1 Å². The maximum atomic E-state index is 11.5. The van der Waals surface area contributed by atoms with E-state index in [0.29, 0.717) is 24.2 Å². The number of thioether (sulfide) groups is 1. The van der Waals surface area contributed by atoms with Gasteiger partial charge in [0.2, 0.25) is 0 Å². The van der Waals surface area contributed by atoms with Crippen molar-refractivity contribution in [3.05, 3.63) is 47.8 Å². The van der Waals surface area contributed by atoms with Crippen LogP contribution in [-0.4, -0.2) is 31.9 Å². The number of benzene rings is 1. The molecule has 1 atom stereocenters. The summed E-state index contributed by atoms with van der Waals surface area (Å²) in [5.74, 6) is 0.481. The van der Waals surface area contributed by atoms with E-state index in [2.05, 4.69) is 5.10 Å². The zero-order valence-corrected chi connectivity index (χ0v) is 13.0. The molecule has 1 fully saturated rings. The van der Waals surface area contributed by atoms with Gasteiger partial charge in [-0.15, -0.1) is 0 Å². The fraction of sp³-hybridized carbons (Fsp3) is 0.375. The minimum atomic E-state index is -0.997. The minimum absolute atomic E-state index is 0.142. The van der Waals surface area contributed by atoms with Crippen LogP contribution in [-0.2, 0) is 13.2 Å². The van der Waals surface area contributed by atoms with Gasteiger partial charge in [0.05, 0.1) is 12.7 Å². The van der Waals surface area contributed by atoms with Gasteiger partial charge in [-0.25, -0.2) is 4.79 Å². The highest BCUT2D eigenvalue weighted by Crippen LogP contribution is 2.29. The number of carboxylic acid groups (broad SMARTS) is 1. The third-order valence-corrected chi connectivity index (χ3v) is 5.03. The van der Waals surface area contributed by atoms with Crippen molar-refractivity contribution in [2.24, 2.45) is 0 Å². The highest BCUT2D eigenvalue weighted by atomic mass is 32.2. The first-order valence-electron chi connectivity index (χ1n) is 7.31. The van der Waals surface area contributed by atoms with Crippen molar-refractivity contribution in [1.29, 1.82) is 0 Å². The zero-order chi connectivity index (χ0) is 15.4. The molecule has 0 amide bonds. The number of nitrogens with zero attached hydrogens (tertiary/aromatic N) is 2. The van der Waals surface area contributed by atoms with E-state index in [1.165, 1.54) is 12.6 Å². The number of rotatable bonds is 6. The van der Waals surface area contributed by atoms with Gasteiger partial charge in [-0.05, 0) is 24.2 Å². The van der Waals surface area contributed by atoms with Gasteiger partial charge >= 0.3 is 5.97 Å². The topological polar surface area (TPSA) is 64.3 Å². The Hall–Kier alpha value is -1.95. The lowest BCUT2D eigenvalue weighted by molar-refractivity contribution is 0.0677. The Bertz CT molecular complexity index is 636. The normalized spacial score (nSPS) is 17.5. The van der Waals surface area contributed by atoms with Crippen LogP contribution in [0.1, 0.15) is 28.9 Å². The van der Waals surface area contributed by atoms with E-state index < -0.39 is 5.97 Å². The van der Waals surface area contributed by atoms with Gasteiger partial charge in [-0.1, -0.05) is 30.3 Å². The van der Waals surface area contributed by atoms with Crippen molar-refractivity contribution < 1.29 is 14.6 Å². The molecule has 0 bridgehead atoms. The summed E-state index contributed by atoms with van der Waals surface area (Å²) in [5.41, 5.74) is 1.14. The summed E-state index contributed by atoms with van der Waals surface area (Å²) < 4.78 is 7.22. The third kappa shape index (κ3) is 3.44. The Labute approximate surface area is 133 Å². The van der Waals surface area contributed by atoms with Crippen LogP contribution < -0.4 is 4.74 Å². The smallest absolute Gasteiger partial charge is 0.358 e. The second kappa shape index (κ2) is 6.87. The third-order valence-electron chi connectivity index (χ3n) is 3.65. The maximum absolute atomic E-state index is 11.5. The molecule has 3 rings (SSSR count). The summed E-state index contributed by atoms with van der Waals surface area (Å²) in [6.07, 6.45) is 3.81. The zero-order valence-electron chi connectivity index (χ0n) is 12.1. The Morgan fingerprint density at radius 3 is 2.91 bits per heavy atom. The summed E-state index contributed by atoms with van der Waals surface area (Å²) in [4.78, 5) is 11.5. The Morgan fingerprint density at radius 1 is 1.41 bits per heavy atom. The lowest BCUT2D eigenvalue weighted by Crippen LogP contribution is -2.17. The number of aromatic carboxylic acids is 1. The van der Waals surface area contributed by atoms with Crippen molar-refractivity contribution in [3.63, 3.8) is 0 Å². The first-order chi connectivity index (χ1) is 10.7. The first kappa shape index (κ1) is 15.0. The fourth-order valence-electron chi connectivity index (χ4n) is 2.54. The monoisotopic (exact) mass is 318 g/mol. The molecule has 1 aliphatic rings. The molecule has 6 heteroatoms. The van der Waals surface area contributed by atoms with Crippen molar-refractivity contribution in [2.45, 2.75) is 31.2 Å². The molecule has 1 N–H and O–H groups in total. The molecular formula is C16H18N2O3S. The quantitative estimate of drug-likeness (QED) is 0.887. The van der Waals surface area contributed by atoms with Crippen molar-refractivity contribution in [2.75, 3.05) is 5.75 Å². The van der Waals surface area contributed by atoms with Crippen molar-refractivity contribution in [3.8, 4) is 5.75 Å². The molecule has 1 aliphatic heterocycles. The molecule has 2 heterocycles. The van der Waals surface area contributed by atoms with Crippen LogP contribution in [0.3, 0.4) is 0 Å². The molecule has 1 unspecified atom stereocenters. The summed E-state index contributed by atoms with van der Waals surface area (Å²) >= 11 is 1.88. The summed E-state index contributed by atoms with van der Waals surface area (Å²) in [5, 5.41) is 14.1. The second-order valence-corrected chi connectivity index (χ2v) is 6.66. The summed E-state index contributed by atoms with van der Waals surface area (Å²) in [7, 11) is 0. The largest absolute Gasteiger partial charge is 0.485 e. The SMILES string of the molecule is O=C(O)c1c(OCc2ccccc2)cnn1CC1CCCS1. The van der Waals surface area contributed by atoms with E-state index in [4.69, 9.17) is 4.74 Å². The lowest BCUT2D eigenvalue weighted by atomic mass is 10.2. The minimum Gasteiger partial charge on any atom is -0.485 e. The number of ether oxygens (including phenoxy) is 1. The average molecular weight is 318 g/mol. The standard InChI is InChI=1S/C16H18N2O3S/c19-16(20)15-14(21-11-12-5-2-1-3-6-12)9-17-18(15)10-13-7-4-8-22-13/h1-3,5-6,9,13H,4,7-8,10-11H2,(H,19,20). The molecule has 0 aliphatic carbocycles. The van der Waals surface area contributed by atoms with E-state index >= 15 is 0 Å². The van der Waals surface area contributed by atoms with Gasteiger partial charge in [-0.2, -0.15) is 16.9 Å². The van der Waals surface area contributed by atoms with E-state index in [9.17, 15) is 9.90 Å². The first-order valence-corrected chi connectivity index (χ1v) is 8.36. The molecule has 0 spiro atoms. The molecule has 0 radical (unpaired) electrons. The predicted octanol–water partition coefficient (Wildman–Crippen LogP) is 3.06. The number of aromatic nitrogens is 2. The van der Waals surface area contributed by atoms with Gasteiger partial charge in [0.25, 0.3) is 0 Å². The van der Waals surface area contributed by atoms with Crippen LogP contribution in [0, 0.1) is 0 Å².